The zero-order chi connectivity index (χ0) is 16.4. The molecule has 3 unspecified atom stereocenters. The predicted molar refractivity (Wildman–Crippen MR) is 93.8 cm³/mol. The second kappa shape index (κ2) is 6.80. The summed E-state index contributed by atoms with van der Waals surface area (Å²) in [6.07, 6.45) is 10.7. The number of aromatic nitrogens is 2. The Bertz CT molecular complexity index is 677. The van der Waals surface area contributed by atoms with Crippen LogP contribution in [0.15, 0.2) is 42.7 Å². The van der Waals surface area contributed by atoms with E-state index in [1.54, 1.807) is 6.20 Å². The van der Waals surface area contributed by atoms with Crippen molar-refractivity contribution >= 4 is 5.91 Å². The highest BCUT2D eigenvalue weighted by molar-refractivity contribution is 5.76. The fraction of sp³-hybridized carbons (Fsp3) is 0.500. The number of nitrogens with zero attached hydrogens (tertiary/aromatic N) is 2. The van der Waals surface area contributed by atoms with E-state index < -0.39 is 0 Å². The van der Waals surface area contributed by atoms with Gasteiger partial charge in [-0.15, -0.1) is 0 Å². The smallest absolute Gasteiger partial charge is 0.220 e. The van der Waals surface area contributed by atoms with Gasteiger partial charge >= 0.3 is 0 Å². The minimum Gasteiger partial charge on any atom is -0.356 e. The third-order valence-electron chi connectivity index (χ3n) is 5.77. The van der Waals surface area contributed by atoms with Crippen LogP contribution in [0.4, 0.5) is 0 Å². The highest BCUT2D eigenvalue weighted by Crippen LogP contribution is 2.49. The lowest BCUT2D eigenvalue weighted by Gasteiger charge is -2.20. The summed E-state index contributed by atoms with van der Waals surface area (Å²) in [5, 5.41) is 7.33. The number of benzene rings is 1. The lowest BCUT2D eigenvalue weighted by atomic mass is 9.86. The largest absolute Gasteiger partial charge is 0.356 e. The van der Waals surface area contributed by atoms with Crippen molar-refractivity contribution in [2.75, 3.05) is 6.54 Å². The van der Waals surface area contributed by atoms with Crippen LogP contribution in [0.25, 0.3) is 5.69 Å². The van der Waals surface area contributed by atoms with Crippen LogP contribution in [0.1, 0.15) is 37.7 Å². The molecular formula is C20H25N3O. The molecule has 2 aliphatic carbocycles. The Morgan fingerprint density at radius 1 is 1.21 bits per heavy atom. The van der Waals surface area contributed by atoms with Gasteiger partial charge < -0.3 is 5.32 Å². The lowest BCUT2D eigenvalue weighted by molar-refractivity contribution is -0.122. The Labute approximate surface area is 143 Å². The molecule has 2 aliphatic rings. The molecule has 2 aromatic rings. The van der Waals surface area contributed by atoms with Crippen LogP contribution in [0.5, 0.6) is 0 Å². The molecule has 4 heteroatoms. The van der Waals surface area contributed by atoms with Crippen LogP contribution in [0, 0.1) is 17.8 Å². The molecule has 0 saturated heterocycles. The molecule has 126 valence electrons. The van der Waals surface area contributed by atoms with E-state index in [0.29, 0.717) is 5.92 Å². The molecule has 0 radical (unpaired) electrons. The van der Waals surface area contributed by atoms with Gasteiger partial charge in [-0.05, 0) is 67.2 Å². The number of amides is 1. The van der Waals surface area contributed by atoms with Gasteiger partial charge in [0.1, 0.15) is 0 Å². The molecule has 0 aliphatic heterocycles. The maximum absolute atomic E-state index is 12.2. The van der Waals surface area contributed by atoms with E-state index in [0.717, 1.165) is 36.9 Å². The highest BCUT2D eigenvalue weighted by atomic mass is 16.1. The molecule has 1 amide bonds. The minimum atomic E-state index is 0.237. The first-order valence-electron chi connectivity index (χ1n) is 9.13. The Kier molecular flexibility index (Phi) is 4.37. The summed E-state index contributed by atoms with van der Waals surface area (Å²) in [6, 6.07) is 10.3. The average Bonchev–Trinajstić information content (AvgIpc) is 3.33. The van der Waals surface area contributed by atoms with Gasteiger partial charge in [-0.25, -0.2) is 4.68 Å². The average molecular weight is 323 g/mol. The maximum atomic E-state index is 12.2. The van der Waals surface area contributed by atoms with Gasteiger partial charge in [-0.1, -0.05) is 18.6 Å². The number of rotatable bonds is 6. The summed E-state index contributed by atoms with van der Waals surface area (Å²) in [6.45, 7) is 0.723. The van der Waals surface area contributed by atoms with E-state index in [-0.39, 0.29) is 5.91 Å². The molecule has 1 N–H and O–H groups in total. The number of carbonyl (C=O) groups excluding carboxylic acids is 1. The molecule has 2 fully saturated rings. The molecule has 1 aromatic heterocycles. The summed E-state index contributed by atoms with van der Waals surface area (Å²) in [7, 11) is 0. The lowest BCUT2D eigenvalue weighted by Crippen LogP contribution is -2.29. The third kappa shape index (κ3) is 3.37. The molecular weight excluding hydrogens is 298 g/mol. The number of hydrogen-bond donors (Lipinski definition) is 1. The second-order valence-corrected chi connectivity index (χ2v) is 7.36. The van der Waals surface area contributed by atoms with Crippen molar-refractivity contribution in [3.05, 3.63) is 48.3 Å². The van der Waals surface area contributed by atoms with E-state index in [4.69, 9.17) is 0 Å². The predicted octanol–water partition coefficient (Wildman–Crippen LogP) is 3.36. The fourth-order valence-corrected chi connectivity index (χ4v) is 4.52. The van der Waals surface area contributed by atoms with E-state index in [9.17, 15) is 4.79 Å². The van der Waals surface area contributed by atoms with Gasteiger partial charge in [0.2, 0.25) is 5.91 Å². The fourth-order valence-electron chi connectivity index (χ4n) is 4.52. The molecule has 1 aromatic carbocycles. The maximum Gasteiger partial charge on any atom is 0.220 e. The van der Waals surface area contributed by atoms with Gasteiger partial charge in [0.05, 0.1) is 5.69 Å². The summed E-state index contributed by atoms with van der Waals surface area (Å²) in [4.78, 5) is 12.2. The molecule has 3 atom stereocenters. The molecule has 4 rings (SSSR count). The summed E-state index contributed by atoms with van der Waals surface area (Å²) >= 11 is 0. The monoisotopic (exact) mass is 323 g/mol. The van der Waals surface area contributed by atoms with Crippen LogP contribution in [0.3, 0.4) is 0 Å². The summed E-state index contributed by atoms with van der Waals surface area (Å²) in [5.41, 5.74) is 2.30. The van der Waals surface area contributed by atoms with Gasteiger partial charge in [-0.3, -0.25) is 4.79 Å². The van der Waals surface area contributed by atoms with Crippen molar-refractivity contribution in [2.45, 2.75) is 38.5 Å². The quantitative estimate of drug-likeness (QED) is 0.886. The van der Waals surface area contributed by atoms with Crippen LogP contribution in [0.2, 0.25) is 0 Å². The molecule has 2 saturated carbocycles. The van der Waals surface area contributed by atoms with Gasteiger partial charge in [0.15, 0.2) is 0 Å². The van der Waals surface area contributed by atoms with Crippen molar-refractivity contribution in [3.63, 3.8) is 0 Å². The van der Waals surface area contributed by atoms with Crippen LogP contribution in [-0.4, -0.2) is 22.2 Å². The van der Waals surface area contributed by atoms with Crippen LogP contribution in [-0.2, 0) is 11.2 Å². The van der Waals surface area contributed by atoms with Gasteiger partial charge in [0.25, 0.3) is 0 Å². The zero-order valence-electron chi connectivity index (χ0n) is 14.0. The SMILES string of the molecule is O=C(CC1CC2CCC1C2)NCCc1ccc(-n2cccn2)cc1. The highest BCUT2D eigenvalue weighted by Gasteiger charge is 2.39. The molecule has 0 spiro atoms. The normalized spacial score (nSPS) is 25.1. The zero-order valence-corrected chi connectivity index (χ0v) is 14.0. The van der Waals surface area contributed by atoms with Gasteiger partial charge in [0, 0.05) is 25.4 Å². The molecule has 1 heterocycles. The van der Waals surface area contributed by atoms with E-state index in [1.807, 2.05) is 16.9 Å². The van der Waals surface area contributed by atoms with Crippen molar-refractivity contribution < 1.29 is 4.79 Å². The Balaban J connectivity index is 1.21. The number of hydrogen-bond acceptors (Lipinski definition) is 2. The third-order valence-corrected chi connectivity index (χ3v) is 5.77. The van der Waals surface area contributed by atoms with Crippen molar-refractivity contribution in [2.24, 2.45) is 17.8 Å². The van der Waals surface area contributed by atoms with Crippen molar-refractivity contribution in [3.8, 4) is 5.69 Å². The van der Waals surface area contributed by atoms with E-state index >= 15 is 0 Å². The number of fused-ring (bicyclic) bond motifs is 2. The van der Waals surface area contributed by atoms with Crippen LogP contribution < -0.4 is 5.32 Å². The van der Waals surface area contributed by atoms with Crippen LogP contribution >= 0.6 is 0 Å². The summed E-state index contributed by atoms with van der Waals surface area (Å²) in [5.74, 6) is 2.63. The number of nitrogens with one attached hydrogen (secondary N) is 1. The number of carbonyl (C=O) groups is 1. The second-order valence-electron chi connectivity index (χ2n) is 7.36. The molecule has 2 bridgehead atoms. The first kappa shape index (κ1) is 15.4. The van der Waals surface area contributed by atoms with E-state index in [1.165, 1.54) is 31.2 Å². The topological polar surface area (TPSA) is 46.9 Å². The Morgan fingerprint density at radius 3 is 2.75 bits per heavy atom. The Hall–Kier alpha value is -2.10. The molecule has 24 heavy (non-hydrogen) atoms. The van der Waals surface area contributed by atoms with Crippen molar-refractivity contribution in [1.29, 1.82) is 0 Å². The first-order valence-corrected chi connectivity index (χ1v) is 9.13. The standard InChI is InChI=1S/C20H25N3O/c24-20(14-18-13-16-2-5-17(18)12-16)21-10-8-15-3-6-19(7-4-15)23-11-1-9-22-23/h1,3-4,6-7,9,11,16-18H,2,5,8,10,12-14H2,(H,21,24). The summed E-state index contributed by atoms with van der Waals surface area (Å²) < 4.78 is 1.85. The Morgan fingerprint density at radius 2 is 2.08 bits per heavy atom. The first-order chi connectivity index (χ1) is 11.8. The molecule has 4 nitrogen and oxygen atoms in total. The van der Waals surface area contributed by atoms with Crippen molar-refractivity contribution in [1.82, 2.24) is 15.1 Å². The minimum absolute atomic E-state index is 0.237. The van der Waals surface area contributed by atoms with Gasteiger partial charge in [-0.2, -0.15) is 5.10 Å². The van der Waals surface area contributed by atoms with E-state index in [2.05, 4.69) is 34.7 Å².